The Morgan fingerprint density at radius 1 is 1.38 bits per heavy atom. The Morgan fingerprint density at radius 3 is 2.67 bits per heavy atom. The highest BCUT2D eigenvalue weighted by molar-refractivity contribution is 6.11. The molecule has 0 bridgehead atoms. The van der Waals surface area contributed by atoms with Crippen LogP contribution < -0.4 is 11.5 Å². The number of nitrogens with zero attached hydrogens (tertiary/aromatic N) is 2. The summed E-state index contributed by atoms with van der Waals surface area (Å²) in [7, 11) is 0. The van der Waals surface area contributed by atoms with Crippen LogP contribution in [-0.2, 0) is 0 Å². The van der Waals surface area contributed by atoms with Gasteiger partial charge in [-0.2, -0.15) is 0 Å². The quantitative estimate of drug-likeness (QED) is 0.788. The van der Waals surface area contributed by atoms with E-state index in [4.69, 9.17) is 11.5 Å². The maximum atomic E-state index is 12.0. The van der Waals surface area contributed by atoms with Crippen LogP contribution in [0.25, 0.3) is 16.7 Å². The fraction of sp³-hybridized carbons (Fsp3) is 0.333. The number of hydrogen-bond donors (Lipinski definition) is 3. The zero-order valence-electron chi connectivity index (χ0n) is 14.3. The summed E-state index contributed by atoms with van der Waals surface area (Å²) in [4.78, 5) is 16.6. The first-order valence-corrected chi connectivity index (χ1v) is 7.92. The minimum absolute atomic E-state index is 0.128. The number of allylic oxidation sites excluding steroid dienone is 3. The molecule has 0 radical (unpaired) electrons. The van der Waals surface area contributed by atoms with Gasteiger partial charge in [0.2, 0.25) is 0 Å². The van der Waals surface area contributed by atoms with Gasteiger partial charge < -0.3 is 16.6 Å². The molecule has 0 saturated carbocycles. The van der Waals surface area contributed by atoms with Crippen molar-refractivity contribution in [3.63, 3.8) is 0 Å². The molecular formula is C18H22N4O2. The monoisotopic (exact) mass is 326 g/mol. The van der Waals surface area contributed by atoms with Gasteiger partial charge in [-0.3, -0.25) is 9.36 Å². The van der Waals surface area contributed by atoms with Crippen molar-refractivity contribution in [2.45, 2.75) is 34.1 Å². The van der Waals surface area contributed by atoms with Crippen molar-refractivity contribution < 1.29 is 9.90 Å². The molecule has 2 aromatic heterocycles. The number of amides is 1. The Balaban J connectivity index is 2.47. The highest BCUT2D eigenvalue weighted by Crippen LogP contribution is 2.39. The third kappa shape index (κ3) is 2.18. The molecule has 1 aliphatic carbocycles. The summed E-state index contributed by atoms with van der Waals surface area (Å²) in [5.41, 5.74) is 16.2. The summed E-state index contributed by atoms with van der Waals surface area (Å²) < 4.78 is 1.77. The lowest BCUT2D eigenvalue weighted by molar-refractivity contribution is 0.100. The van der Waals surface area contributed by atoms with Gasteiger partial charge in [0, 0.05) is 28.3 Å². The van der Waals surface area contributed by atoms with Gasteiger partial charge in [-0.1, -0.05) is 6.92 Å². The standard InChI is InChI=1S/C18H22N4O2/c1-8-5-6-13(23)10(3)15(8)22-16(19)14(17(20)24)12-7-9(2)11(4)21-18(12)22/h6-8,23H,5,19H2,1-4H3,(H2,20,24). The molecule has 0 spiro atoms. The number of aliphatic hydroxyl groups excluding tert-OH is 1. The number of pyridine rings is 1. The van der Waals surface area contributed by atoms with Crippen molar-refractivity contribution in [1.29, 1.82) is 0 Å². The summed E-state index contributed by atoms with van der Waals surface area (Å²) >= 11 is 0. The summed E-state index contributed by atoms with van der Waals surface area (Å²) in [6, 6.07) is 1.89. The largest absolute Gasteiger partial charge is 0.508 e. The fourth-order valence-corrected chi connectivity index (χ4v) is 3.36. The van der Waals surface area contributed by atoms with Crippen LogP contribution in [0.15, 0.2) is 23.5 Å². The highest BCUT2D eigenvalue weighted by atomic mass is 16.3. The Labute approximate surface area is 140 Å². The zero-order valence-corrected chi connectivity index (χ0v) is 14.3. The molecule has 0 fully saturated rings. The molecule has 1 unspecified atom stereocenters. The molecule has 1 amide bonds. The van der Waals surface area contributed by atoms with Gasteiger partial charge >= 0.3 is 0 Å². The van der Waals surface area contributed by atoms with Gasteiger partial charge in [0.1, 0.15) is 17.2 Å². The molecule has 1 aliphatic rings. The Bertz CT molecular complexity index is 934. The van der Waals surface area contributed by atoms with Gasteiger partial charge in [-0.05, 0) is 44.9 Å². The summed E-state index contributed by atoms with van der Waals surface area (Å²) in [6.45, 7) is 7.74. The molecule has 0 aromatic carbocycles. The Kier molecular flexibility index (Phi) is 3.63. The van der Waals surface area contributed by atoms with E-state index in [0.717, 1.165) is 22.5 Å². The van der Waals surface area contributed by atoms with Gasteiger partial charge in [0.05, 0.1) is 5.56 Å². The third-order valence-corrected chi connectivity index (χ3v) is 4.81. The lowest BCUT2D eigenvalue weighted by Crippen LogP contribution is -2.17. The van der Waals surface area contributed by atoms with E-state index >= 15 is 0 Å². The Morgan fingerprint density at radius 2 is 2.04 bits per heavy atom. The van der Waals surface area contributed by atoms with Crippen molar-refractivity contribution in [1.82, 2.24) is 9.55 Å². The number of nitrogens with two attached hydrogens (primary N) is 2. The number of carbonyl (C=O) groups is 1. The van der Waals surface area contributed by atoms with Gasteiger partial charge in [-0.15, -0.1) is 0 Å². The van der Waals surface area contributed by atoms with Crippen molar-refractivity contribution in [2.24, 2.45) is 11.7 Å². The molecule has 2 aromatic rings. The minimum Gasteiger partial charge on any atom is -0.508 e. The van der Waals surface area contributed by atoms with E-state index < -0.39 is 5.91 Å². The normalized spacial score (nSPS) is 18.2. The van der Waals surface area contributed by atoms with Crippen LogP contribution in [0.2, 0.25) is 0 Å². The number of hydrogen-bond acceptors (Lipinski definition) is 4. The maximum Gasteiger partial charge on any atom is 0.253 e. The SMILES string of the molecule is CC1=C(n2c(N)c(C(N)=O)c3cc(C)c(C)nc32)C(C)CC=C1O. The van der Waals surface area contributed by atoms with Crippen LogP contribution in [0, 0.1) is 19.8 Å². The highest BCUT2D eigenvalue weighted by Gasteiger charge is 2.28. The average Bonchev–Trinajstić information content (AvgIpc) is 2.77. The number of aryl methyl sites for hydroxylation is 2. The minimum atomic E-state index is -0.581. The molecular weight excluding hydrogens is 304 g/mol. The average molecular weight is 326 g/mol. The fourth-order valence-electron chi connectivity index (χ4n) is 3.36. The second-order valence-electron chi connectivity index (χ2n) is 6.46. The second-order valence-corrected chi connectivity index (χ2v) is 6.46. The van der Waals surface area contributed by atoms with E-state index in [0.29, 0.717) is 17.5 Å². The van der Waals surface area contributed by atoms with Crippen molar-refractivity contribution in [3.05, 3.63) is 40.3 Å². The number of nitrogen functional groups attached to an aromatic ring is 1. The smallest absolute Gasteiger partial charge is 0.253 e. The third-order valence-electron chi connectivity index (χ3n) is 4.81. The van der Waals surface area contributed by atoms with Crippen LogP contribution in [-0.4, -0.2) is 20.6 Å². The molecule has 2 heterocycles. The molecule has 0 aliphatic heterocycles. The van der Waals surface area contributed by atoms with Crippen LogP contribution in [0.1, 0.15) is 41.9 Å². The first kappa shape index (κ1) is 16.1. The topological polar surface area (TPSA) is 107 Å². The number of primary amides is 1. The van der Waals surface area contributed by atoms with Crippen LogP contribution in [0.5, 0.6) is 0 Å². The van der Waals surface area contributed by atoms with Crippen LogP contribution >= 0.6 is 0 Å². The Hall–Kier alpha value is -2.76. The van der Waals surface area contributed by atoms with Crippen LogP contribution in [0.4, 0.5) is 5.82 Å². The number of anilines is 1. The zero-order chi connectivity index (χ0) is 17.8. The van der Waals surface area contributed by atoms with E-state index in [1.807, 2.05) is 26.8 Å². The predicted molar refractivity (Wildman–Crippen MR) is 95.5 cm³/mol. The van der Waals surface area contributed by atoms with Gasteiger partial charge in [-0.25, -0.2) is 4.98 Å². The molecule has 5 N–H and O–H groups in total. The lowest BCUT2D eigenvalue weighted by Gasteiger charge is -2.25. The lowest BCUT2D eigenvalue weighted by atomic mass is 9.93. The summed E-state index contributed by atoms with van der Waals surface area (Å²) in [5.74, 6) is 0.0467. The van der Waals surface area contributed by atoms with E-state index in [2.05, 4.69) is 11.9 Å². The molecule has 0 saturated heterocycles. The van der Waals surface area contributed by atoms with Crippen LogP contribution in [0.3, 0.4) is 0 Å². The first-order valence-electron chi connectivity index (χ1n) is 7.92. The first-order chi connectivity index (χ1) is 11.2. The number of rotatable bonds is 2. The number of fused-ring (bicyclic) bond motifs is 1. The molecule has 6 nitrogen and oxygen atoms in total. The van der Waals surface area contributed by atoms with E-state index in [1.54, 1.807) is 10.6 Å². The van der Waals surface area contributed by atoms with Crippen molar-refractivity contribution in [2.75, 3.05) is 5.73 Å². The molecule has 1 atom stereocenters. The molecule has 3 rings (SSSR count). The van der Waals surface area contributed by atoms with E-state index in [1.165, 1.54) is 0 Å². The molecule has 126 valence electrons. The van der Waals surface area contributed by atoms with Crippen molar-refractivity contribution in [3.8, 4) is 0 Å². The van der Waals surface area contributed by atoms with Gasteiger partial charge in [0.25, 0.3) is 5.91 Å². The van der Waals surface area contributed by atoms with Gasteiger partial charge in [0.15, 0.2) is 0 Å². The number of aromatic nitrogens is 2. The van der Waals surface area contributed by atoms with E-state index in [-0.39, 0.29) is 23.1 Å². The predicted octanol–water partition coefficient (Wildman–Crippen LogP) is 3.05. The summed E-state index contributed by atoms with van der Waals surface area (Å²) in [6.07, 6.45) is 2.48. The molecule has 24 heavy (non-hydrogen) atoms. The maximum absolute atomic E-state index is 12.0. The van der Waals surface area contributed by atoms with E-state index in [9.17, 15) is 9.90 Å². The summed E-state index contributed by atoms with van der Waals surface area (Å²) in [5, 5.41) is 10.8. The molecule has 6 heteroatoms. The number of aliphatic hydroxyl groups is 1. The number of carbonyl (C=O) groups excluding carboxylic acids is 1. The van der Waals surface area contributed by atoms with Crippen molar-refractivity contribution >= 4 is 28.5 Å². The second kappa shape index (κ2) is 5.40.